The summed E-state index contributed by atoms with van der Waals surface area (Å²) >= 11 is 7.52. The van der Waals surface area contributed by atoms with Crippen molar-refractivity contribution in [2.24, 2.45) is 0 Å². The van der Waals surface area contributed by atoms with Crippen LogP contribution >= 0.6 is 34.0 Å². The third kappa shape index (κ3) is 2.64. The van der Waals surface area contributed by atoms with E-state index in [1.54, 1.807) is 11.8 Å². The van der Waals surface area contributed by atoms with Gasteiger partial charge in [-0.25, -0.2) is 0 Å². The minimum absolute atomic E-state index is 0.0855. The minimum atomic E-state index is -2.63. The Hall–Kier alpha value is -0.650. The summed E-state index contributed by atoms with van der Waals surface area (Å²) in [5, 5.41) is 0.794. The van der Waals surface area contributed by atoms with E-state index < -0.39 is 10.6 Å². The van der Waals surface area contributed by atoms with E-state index in [4.69, 9.17) is 11.6 Å². The van der Waals surface area contributed by atoms with Gasteiger partial charge in [-0.15, -0.1) is 11.8 Å². The summed E-state index contributed by atoms with van der Waals surface area (Å²) in [6, 6.07) is 15.2. The van der Waals surface area contributed by atoms with Crippen LogP contribution in [-0.4, -0.2) is 14.9 Å². The van der Waals surface area contributed by atoms with Gasteiger partial charge in [-0.1, -0.05) is 29.8 Å². The molecule has 0 aliphatic carbocycles. The summed E-state index contributed by atoms with van der Waals surface area (Å²) in [4.78, 5) is 1.78. The number of rotatable bonds is 2. The smallest absolute Gasteiger partial charge is 0.0628 e. The Kier molecular flexibility index (Phi) is 3.53. The van der Waals surface area contributed by atoms with E-state index in [-0.39, 0.29) is 5.25 Å². The number of hydrogen-bond donors (Lipinski definition) is 2. The van der Waals surface area contributed by atoms with Crippen molar-refractivity contribution in [3.05, 3.63) is 59.1 Å². The molecule has 19 heavy (non-hydrogen) atoms. The lowest BCUT2D eigenvalue weighted by Gasteiger charge is -2.27. The molecule has 1 aliphatic rings. The van der Waals surface area contributed by atoms with Gasteiger partial charge < -0.3 is 0 Å². The fourth-order valence-corrected chi connectivity index (χ4v) is 5.87. The first-order valence-electron chi connectivity index (χ1n) is 5.83. The normalized spacial score (nSPS) is 21.9. The average Bonchev–Trinajstić information content (AvgIpc) is 2.65. The molecule has 0 saturated carbocycles. The Bertz CT molecular complexity index is 599. The maximum absolute atomic E-state index is 10.1. The van der Waals surface area contributed by atoms with Crippen LogP contribution in [0.4, 0.5) is 0 Å². The van der Waals surface area contributed by atoms with Gasteiger partial charge in [0.2, 0.25) is 0 Å². The lowest BCUT2D eigenvalue weighted by molar-refractivity contribution is 0.492. The highest BCUT2D eigenvalue weighted by atomic mass is 35.5. The van der Waals surface area contributed by atoms with Crippen molar-refractivity contribution in [2.45, 2.75) is 15.0 Å². The van der Waals surface area contributed by atoms with E-state index in [2.05, 4.69) is 0 Å². The Morgan fingerprint density at radius 2 is 1.74 bits per heavy atom. The van der Waals surface area contributed by atoms with Gasteiger partial charge in [-0.2, -0.15) is 10.6 Å². The van der Waals surface area contributed by atoms with Crippen LogP contribution < -0.4 is 0 Å². The third-order valence-electron chi connectivity index (χ3n) is 3.09. The number of benzene rings is 2. The second-order valence-electron chi connectivity index (χ2n) is 4.43. The van der Waals surface area contributed by atoms with Crippen LogP contribution in [0, 0.1) is 0 Å². The first kappa shape index (κ1) is 13.3. The number of thioether (sulfide) groups is 1. The maximum atomic E-state index is 10.1. The predicted molar refractivity (Wildman–Crippen MR) is 82.5 cm³/mol. The molecule has 0 radical (unpaired) electrons. The van der Waals surface area contributed by atoms with Crippen LogP contribution in [0.2, 0.25) is 5.02 Å². The van der Waals surface area contributed by atoms with Crippen molar-refractivity contribution in [2.75, 3.05) is 5.75 Å². The van der Waals surface area contributed by atoms with Gasteiger partial charge in [-0.3, -0.25) is 9.11 Å². The number of halogens is 1. The molecule has 2 nitrogen and oxygen atoms in total. The van der Waals surface area contributed by atoms with Crippen LogP contribution in [0.15, 0.2) is 58.3 Å². The van der Waals surface area contributed by atoms with E-state index in [1.807, 2.05) is 48.5 Å². The van der Waals surface area contributed by atoms with Crippen LogP contribution in [0.1, 0.15) is 10.8 Å². The summed E-state index contributed by atoms with van der Waals surface area (Å²) < 4.78 is 20.3. The van der Waals surface area contributed by atoms with Crippen molar-refractivity contribution >= 4 is 34.0 Å². The van der Waals surface area contributed by atoms with E-state index in [0.29, 0.717) is 15.7 Å². The first-order chi connectivity index (χ1) is 9.06. The van der Waals surface area contributed by atoms with Crippen LogP contribution in [0.3, 0.4) is 0 Å². The fourth-order valence-electron chi connectivity index (χ4n) is 2.21. The molecule has 1 unspecified atom stereocenters. The largest absolute Gasteiger partial charge is 0.295 e. The summed E-state index contributed by atoms with van der Waals surface area (Å²) in [5.74, 6) is 0.389. The molecular weight excluding hydrogens is 300 g/mol. The predicted octanol–water partition coefficient (Wildman–Crippen LogP) is 5.30. The summed E-state index contributed by atoms with van der Waals surface area (Å²) in [6.45, 7) is 0. The van der Waals surface area contributed by atoms with E-state index >= 15 is 0 Å². The molecule has 1 heterocycles. The molecule has 1 atom stereocenters. The van der Waals surface area contributed by atoms with Gasteiger partial charge in [0.15, 0.2) is 0 Å². The van der Waals surface area contributed by atoms with E-state index in [0.717, 1.165) is 10.5 Å². The summed E-state index contributed by atoms with van der Waals surface area (Å²) in [5.41, 5.74) is 1.03. The Balaban J connectivity index is 1.89. The first-order valence-corrected chi connectivity index (χ1v) is 8.81. The monoisotopic (exact) mass is 312 g/mol. The van der Waals surface area contributed by atoms with Gasteiger partial charge >= 0.3 is 0 Å². The molecule has 0 amide bonds. The third-order valence-corrected chi connectivity index (χ3v) is 6.68. The van der Waals surface area contributed by atoms with Gasteiger partial charge in [0.05, 0.1) is 15.9 Å². The molecule has 3 rings (SSSR count). The lowest BCUT2D eigenvalue weighted by Crippen LogP contribution is -1.98. The zero-order valence-electron chi connectivity index (χ0n) is 9.99. The van der Waals surface area contributed by atoms with Crippen molar-refractivity contribution in [3.63, 3.8) is 0 Å². The van der Waals surface area contributed by atoms with E-state index in [1.165, 1.54) is 0 Å². The fraction of sp³-hybridized carbons (Fsp3) is 0.143. The highest BCUT2D eigenvalue weighted by Crippen LogP contribution is 2.62. The van der Waals surface area contributed by atoms with Crippen molar-refractivity contribution in [3.8, 4) is 0 Å². The molecular formula is C14H13ClO2S2. The molecule has 0 spiro atoms. The Labute approximate surface area is 123 Å². The zero-order valence-corrected chi connectivity index (χ0v) is 12.4. The molecule has 2 aromatic rings. The zero-order chi connectivity index (χ0) is 13.5. The molecule has 5 heteroatoms. The maximum Gasteiger partial charge on any atom is 0.0628 e. The molecule has 0 saturated heterocycles. The highest BCUT2D eigenvalue weighted by Gasteiger charge is 2.35. The van der Waals surface area contributed by atoms with Crippen molar-refractivity contribution < 1.29 is 9.11 Å². The average molecular weight is 313 g/mol. The number of hydrogen-bond acceptors (Lipinski definition) is 3. The van der Waals surface area contributed by atoms with E-state index in [9.17, 15) is 9.11 Å². The number of fused-ring (bicyclic) bond motifs is 1. The van der Waals surface area contributed by atoms with Gasteiger partial charge in [0.1, 0.15) is 0 Å². The molecule has 2 N–H and O–H groups in total. The second kappa shape index (κ2) is 5.04. The van der Waals surface area contributed by atoms with Gasteiger partial charge in [-0.05, 0) is 35.9 Å². The van der Waals surface area contributed by atoms with Crippen LogP contribution in [-0.2, 0) is 0 Å². The topological polar surface area (TPSA) is 40.5 Å². The quantitative estimate of drug-likeness (QED) is 0.791. The highest BCUT2D eigenvalue weighted by molar-refractivity contribution is 8.25. The SMILES string of the molecule is OS1(O)CC(Sc2ccc(Cl)cc2)c2ccccc21. The van der Waals surface area contributed by atoms with Crippen molar-refractivity contribution in [1.82, 2.24) is 0 Å². The van der Waals surface area contributed by atoms with Gasteiger partial charge in [0, 0.05) is 9.92 Å². The van der Waals surface area contributed by atoms with Crippen LogP contribution in [0.25, 0.3) is 0 Å². The van der Waals surface area contributed by atoms with Crippen molar-refractivity contribution in [1.29, 1.82) is 0 Å². The minimum Gasteiger partial charge on any atom is -0.295 e. The molecule has 100 valence electrons. The molecule has 0 aromatic heterocycles. The lowest BCUT2D eigenvalue weighted by atomic mass is 10.2. The Morgan fingerprint density at radius 3 is 2.47 bits per heavy atom. The standard InChI is InChI=1S/C14H13ClO2S2/c15-10-5-7-11(8-6-10)18-13-9-19(16,17)14-4-2-1-3-12(13)14/h1-8,13,16-17H,9H2. The molecule has 0 bridgehead atoms. The van der Waals surface area contributed by atoms with Gasteiger partial charge in [0.25, 0.3) is 0 Å². The Morgan fingerprint density at radius 1 is 1.05 bits per heavy atom. The summed E-state index contributed by atoms with van der Waals surface area (Å²) in [7, 11) is -2.63. The molecule has 2 aromatic carbocycles. The van der Waals surface area contributed by atoms with Crippen LogP contribution in [0.5, 0.6) is 0 Å². The molecule has 1 aliphatic heterocycles. The second-order valence-corrected chi connectivity index (χ2v) is 8.25. The summed E-state index contributed by atoms with van der Waals surface area (Å²) in [6.07, 6.45) is 0. The molecule has 0 fully saturated rings.